The molecule has 1 heterocycles. The second-order valence-corrected chi connectivity index (χ2v) is 5.93. The first-order valence-electron chi connectivity index (χ1n) is 8.57. The van der Waals surface area contributed by atoms with Crippen molar-refractivity contribution in [3.05, 3.63) is 83.9 Å². The number of benzene rings is 3. The van der Waals surface area contributed by atoms with Crippen molar-refractivity contribution in [2.45, 2.75) is 6.61 Å². The van der Waals surface area contributed by atoms with E-state index in [2.05, 4.69) is 4.99 Å². The minimum atomic E-state index is 0.561. The van der Waals surface area contributed by atoms with E-state index in [1.807, 2.05) is 79.0 Å². The van der Waals surface area contributed by atoms with Gasteiger partial charge < -0.3 is 14.2 Å². The molecule has 0 saturated heterocycles. The fourth-order valence-electron chi connectivity index (χ4n) is 2.65. The van der Waals surface area contributed by atoms with Crippen molar-refractivity contribution in [3.8, 4) is 17.2 Å². The summed E-state index contributed by atoms with van der Waals surface area (Å²) in [5.41, 5.74) is 2.99. The Labute approximate surface area is 152 Å². The summed E-state index contributed by atoms with van der Waals surface area (Å²) in [6, 6.07) is 23.7. The predicted octanol–water partition coefficient (Wildman–Crippen LogP) is 4.79. The second kappa shape index (κ2) is 7.74. The molecule has 130 valence electrons. The average Bonchev–Trinajstić information content (AvgIpc) is 2.72. The minimum absolute atomic E-state index is 0.561. The van der Waals surface area contributed by atoms with Gasteiger partial charge in [-0.3, -0.25) is 4.99 Å². The van der Waals surface area contributed by atoms with Crippen LogP contribution in [0.1, 0.15) is 11.1 Å². The molecule has 4 heteroatoms. The molecule has 3 aromatic carbocycles. The van der Waals surface area contributed by atoms with Gasteiger partial charge in [-0.15, -0.1) is 0 Å². The molecule has 3 aromatic rings. The summed E-state index contributed by atoms with van der Waals surface area (Å²) in [5.74, 6) is 2.36. The molecule has 4 rings (SSSR count). The molecule has 1 aliphatic rings. The van der Waals surface area contributed by atoms with Gasteiger partial charge in [0.2, 0.25) is 0 Å². The average molecular weight is 345 g/mol. The second-order valence-electron chi connectivity index (χ2n) is 5.93. The lowest BCUT2D eigenvalue weighted by Crippen LogP contribution is -2.14. The molecule has 0 aromatic heterocycles. The molecular weight excluding hydrogens is 326 g/mol. The van der Waals surface area contributed by atoms with Crippen LogP contribution < -0.4 is 14.2 Å². The van der Waals surface area contributed by atoms with Crippen molar-refractivity contribution in [2.24, 2.45) is 4.99 Å². The van der Waals surface area contributed by atoms with Crippen LogP contribution in [0.15, 0.2) is 77.8 Å². The van der Waals surface area contributed by atoms with E-state index in [-0.39, 0.29) is 0 Å². The van der Waals surface area contributed by atoms with E-state index in [0.29, 0.717) is 19.8 Å². The number of hydrogen-bond donors (Lipinski definition) is 0. The van der Waals surface area contributed by atoms with Crippen LogP contribution in [0.25, 0.3) is 0 Å². The van der Waals surface area contributed by atoms with Gasteiger partial charge in [0, 0.05) is 12.3 Å². The van der Waals surface area contributed by atoms with E-state index in [0.717, 1.165) is 34.1 Å². The minimum Gasteiger partial charge on any atom is -0.489 e. The number of aliphatic imine (C=N–C) groups is 1. The molecule has 0 unspecified atom stereocenters. The third kappa shape index (κ3) is 4.03. The van der Waals surface area contributed by atoms with Crippen LogP contribution in [0, 0.1) is 0 Å². The van der Waals surface area contributed by atoms with E-state index in [1.54, 1.807) is 0 Å². The highest BCUT2D eigenvalue weighted by Gasteiger charge is 2.11. The first kappa shape index (κ1) is 16.2. The lowest BCUT2D eigenvalue weighted by molar-refractivity contribution is 0.171. The highest BCUT2D eigenvalue weighted by atomic mass is 16.6. The van der Waals surface area contributed by atoms with Crippen LogP contribution in [0.3, 0.4) is 0 Å². The molecule has 0 spiro atoms. The van der Waals surface area contributed by atoms with Crippen LogP contribution >= 0.6 is 0 Å². The zero-order chi connectivity index (χ0) is 17.6. The standard InChI is InChI=1S/C22H19NO3/c1-2-4-18(5-3-1)16-26-20-9-6-17(7-10-20)15-23-19-8-11-21-22(14-19)25-13-12-24-21/h1-11,14-15H,12-13,16H2. The van der Waals surface area contributed by atoms with Gasteiger partial charge in [0.1, 0.15) is 25.6 Å². The molecular formula is C22H19NO3. The molecule has 0 amide bonds. The Morgan fingerprint density at radius 1 is 0.846 bits per heavy atom. The van der Waals surface area contributed by atoms with Gasteiger partial charge in [-0.25, -0.2) is 0 Å². The Hall–Kier alpha value is -3.27. The van der Waals surface area contributed by atoms with E-state index in [4.69, 9.17) is 14.2 Å². The maximum atomic E-state index is 5.80. The van der Waals surface area contributed by atoms with Crippen molar-refractivity contribution in [3.63, 3.8) is 0 Å². The lowest BCUT2D eigenvalue weighted by atomic mass is 10.2. The fourth-order valence-corrected chi connectivity index (χ4v) is 2.65. The summed E-state index contributed by atoms with van der Waals surface area (Å²) in [6.07, 6.45) is 1.83. The zero-order valence-corrected chi connectivity index (χ0v) is 14.3. The summed E-state index contributed by atoms with van der Waals surface area (Å²) >= 11 is 0. The van der Waals surface area contributed by atoms with Crippen molar-refractivity contribution < 1.29 is 14.2 Å². The van der Waals surface area contributed by atoms with Gasteiger partial charge in [-0.1, -0.05) is 30.3 Å². The predicted molar refractivity (Wildman–Crippen MR) is 102 cm³/mol. The first-order chi connectivity index (χ1) is 12.9. The Morgan fingerprint density at radius 3 is 2.42 bits per heavy atom. The Morgan fingerprint density at radius 2 is 1.62 bits per heavy atom. The third-order valence-electron chi connectivity index (χ3n) is 4.02. The number of nitrogens with zero attached hydrogens (tertiary/aromatic N) is 1. The molecule has 0 N–H and O–H groups in total. The maximum Gasteiger partial charge on any atom is 0.163 e. The van der Waals surface area contributed by atoms with Gasteiger partial charge in [-0.2, -0.15) is 0 Å². The molecule has 4 nitrogen and oxygen atoms in total. The monoisotopic (exact) mass is 345 g/mol. The van der Waals surface area contributed by atoms with Gasteiger partial charge in [0.15, 0.2) is 11.5 Å². The lowest BCUT2D eigenvalue weighted by Gasteiger charge is -2.18. The number of hydrogen-bond acceptors (Lipinski definition) is 4. The summed E-state index contributed by atoms with van der Waals surface area (Å²) in [5, 5.41) is 0. The van der Waals surface area contributed by atoms with Crippen LogP contribution in [0.2, 0.25) is 0 Å². The van der Waals surface area contributed by atoms with Crippen molar-refractivity contribution >= 4 is 11.9 Å². The van der Waals surface area contributed by atoms with E-state index in [1.165, 1.54) is 0 Å². The van der Waals surface area contributed by atoms with Gasteiger partial charge in [-0.05, 0) is 47.5 Å². The molecule has 0 fully saturated rings. The molecule has 0 atom stereocenters. The number of rotatable bonds is 5. The van der Waals surface area contributed by atoms with Gasteiger partial charge >= 0.3 is 0 Å². The SMILES string of the molecule is C(=Nc1ccc2c(c1)OCCO2)c1ccc(OCc2ccccc2)cc1. The van der Waals surface area contributed by atoms with Crippen molar-refractivity contribution in [2.75, 3.05) is 13.2 Å². The van der Waals surface area contributed by atoms with Gasteiger partial charge in [0.05, 0.1) is 5.69 Å². The molecule has 0 bridgehead atoms. The molecule has 0 aliphatic carbocycles. The maximum absolute atomic E-state index is 5.80. The summed E-state index contributed by atoms with van der Waals surface area (Å²) in [7, 11) is 0. The highest BCUT2D eigenvalue weighted by Crippen LogP contribution is 2.33. The van der Waals surface area contributed by atoms with E-state index >= 15 is 0 Å². The Bertz CT molecular complexity index is 889. The van der Waals surface area contributed by atoms with E-state index in [9.17, 15) is 0 Å². The Kier molecular flexibility index (Phi) is 4.83. The third-order valence-corrected chi connectivity index (χ3v) is 4.02. The highest BCUT2D eigenvalue weighted by molar-refractivity contribution is 5.82. The van der Waals surface area contributed by atoms with Crippen LogP contribution in [0.4, 0.5) is 5.69 Å². The van der Waals surface area contributed by atoms with E-state index < -0.39 is 0 Å². The summed E-state index contributed by atoms with van der Waals surface area (Å²) in [6.45, 7) is 1.73. The molecule has 0 saturated carbocycles. The number of ether oxygens (including phenoxy) is 3. The van der Waals surface area contributed by atoms with Crippen LogP contribution in [0.5, 0.6) is 17.2 Å². The molecule has 0 radical (unpaired) electrons. The van der Waals surface area contributed by atoms with Crippen molar-refractivity contribution in [1.82, 2.24) is 0 Å². The summed E-state index contributed by atoms with van der Waals surface area (Å²) in [4.78, 5) is 4.51. The fraction of sp³-hybridized carbons (Fsp3) is 0.136. The smallest absolute Gasteiger partial charge is 0.163 e. The van der Waals surface area contributed by atoms with Gasteiger partial charge in [0.25, 0.3) is 0 Å². The van der Waals surface area contributed by atoms with Crippen LogP contribution in [-0.4, -0.2) is 19.4 Å². The van der Waals surface area contributed by atoms with Crippen molar-refractivity contribution in [1.29, 1.82) is 0 Å². The van der Waals surface area contributed by atoms with Crippen LogP contribution in [-0.2, 0) is 6.61 Å². The largest absolute Gasteiger partial charge is 0.489 e. The Balaban J connectivity index is 1.38. The zero-order valence-electron chi connectivity index (χ0n) is 14.3. The molecule has 26 heavy (non-hydrogen) atoms. The topological polar surface area (TPSA) is 40.0 Å². The first-order valence-corrected chi connectivity index (χ1v) is 8.57. The molecule has 1 aliphatic heterocycles. The number of fused-ring (bicyclic) bond motifs is 1. The summed E-state index contributed by atoms with van der Waals surface area (Å²) < 4.78 is 16.9. The normalized spacial score (nSPS) is 12.9. The quantitative estimate of drug-likeness (QED) is 0.624.